The van der Waals surface area contributed by atoms with Gasteiger partial charge in [-0.3, -0.25) is 0 Å². The van der Waals surface area contributed by atoms with Gasteiger partial charge in [0.1, 0.15) is 17.3 Å². The molecule has 0 aliphatic rings. The van der Waals surface area contributed by atoms with E-state index in [0.29, 0.717) is 11.7 Å². The number of oxazole rings is 1. The van der Waals surface area contributed by atoms with Crippen LogP contribution < -0.4 is 4.74 Å². The lowest BCUT2D eigenvalue weighted by molar-refractivity contribution is 0.415. The Balaban J connectivity index is 1.82. The Hall–Kier alpha value is -2.60. The number of hydrogen-bond donors (Lipinski definition) is 0. The van der Waals surface area contributed by atoms with Crippen molar-refractivity contribution in [3.63, 3.8) is 0 Å². The Kier molecular flexibility index (Phi) is 4.16. The van der Waals surface area contributed by atoms with Gasteiger partial charge in [0, 0.05) is 5.56 Å². The van der Waals surface area contributed by atoms with Crippen molar-refractivity contribution in [1.82, 2.24) is 4.98 Å². The Labute approximate surface area is 134 Å². The zero-order valence-electron chi connectivity index (χ0n) is 12.5. The summed E-state index contributed by atoms with van der Waals surface area (Å²) in [6, 6.07) is 15.5. The molecule has 118 valence electrons. The molecule has 0 aliphatic carbocycles. The normalized spacial score (nSPS) is 11.3. The maximum Gasteiger partial charge on any atom is 0.226 e. The van der Waals surface area contributed by atoms with Crippen LogP contribution in [0.15, 0.2) is 70.1 Å². The van der Waals surface area contributed by atoms with Crippen LogP contribution >= 0.6 is 0 Å². The highest BCUT2D eigenvalue weighted by Crippen LogP contribution is 2.24. The molecule has 0 amide bonds. The summed E-state index contributed by atoms with van der Waals surface area (Å²) >= 11 is 0. The predicted octanol–water partition coefficient (Wildman–Crippen LogP) is 3.32. The first kappa shape index (κ1) is 15.3. The quantitative estimate of drug-likeness (QED) is 0.718. The lowest BCUT2D eigenvalue weighted by atomic mass is 10.2. The summed E-state index contributed by atoms with van der Waals surface area (Å²) < 4.78 is 35.3. The number of aromatic nitrogens is 1. The molecular weight excluding hydrogens is 314 g/mol. The number of methoxy groups -OCH3 is 1. The lowest BCUT2D eigenvalue weighted by Gasteiger charge is -2.02. The molecule has 5 nitrogen and oxygen atoms in total. The van der Waals surface area contributed by atoms with Gasteiger partial charge in [0.15, 0.2) is 9.84 Å². The number of sulfone groups is 1. The molecule has 0 saturated heterocycles. The van der Waals surface area contributed by atoms with Crippen molar-refractivity contribution in [1.29, 1.82) is 0 Å². The van der Waals surface area contributed by atoms with Crippen molar-refractivity contribution in [2.75, 3.05) is 7.11 Å². The number of ether oxygens (including phenoxy) is 1. The summed E-state index contributed by atoms with van der Waals surface area (Å²) in [6.45, 7) is 0. The van der Waals surface area contributed by atoms with E-state index in [1.54, 1.807) is 61.7 Å². The van der Waals surface area contributed by atoms with Gasteiger partial charge in [-0.15, -0.1) is 0 Å². The molecule has 0 saturated carbocycles. The van der Waals surface area contributed by atoms with Crippen LogP contribution in [0.25, 0.3) is 11.5 Å². The van der Waals surface area contributed by atoms with Crippen molar-refractivity contribution >= 4 is 9.84 Å². The standard InChI is InChI=1S/C17H15NO4S/c1-21-14-9-7-13(8-10-14)17-18-11-15(22-17)12-23(19,20)16-5-3-2-4-6-16/h2-11H,12H2,1H3. The highest BCUT2D eigenvalue weighted by molar-refractivity contribution is 7.90. The second kappa shape index (κ2) is 6.26. The minimum Gasteiger partial charge on any atom is -0.497 e. The molecule has 0 radical (unpaired) electrons. The van der Waals surface area contributed by atoms with Crippen LogP contribution in [0, 0.1) is 0 Å². The molecule has 2 aromatic carbocycles. The fourth-order valence-electron chi connectivity index (χ4n) is 2.14. The van der Waals surface area contributed by atoms with Crippen LogP contribution in [0.4, 0.5) is 0 Å². The third kappa shape index (κ3) is 3.43. The molecule has 0 N–H and O–H groups in total. The molecule has 6 heteroatoms. The summed E-state index contributed by atoms with van der Waals surface area (Å²) in [5, 5.41) is 0. The first-order chi connectivity index (χ1) is 11.1. The van der Waals surface area contributed by atoms with Gasteiger partial charge in [-0.1, -0.05) is 18.2 Å². The number of benzene rings is 2. The molecule has 3 aromatic rings. The largest absolute Gasteiger partial charge is 0.497 e. The van der Waals surface area contributed by atoms with E-state index in [-0.39, 0.29) is 10.6 Å². The van der Waals surface area contributed by atoms with Gasteiger partial charge in [-0.25, -0.2) is 13.4 Å². The van der Waals surface area contributed by atoms with Gasteiger partial charge in [-0.05, 0) is 36.4 Å². The lowest BCUT2D eigenvalue weighted by Crippen LogP contribution is -2.03. The van der Waals surface area contributed by atoms with Gasteiger partial charge in [0.05, 0.1) is 18.2 Å². The average molecular weight is 329 g/mol. The van der Waals surface area contributed by atoms with Crippen LogP contribution in [-0.4, -0.2) is 20.5 Å². The van der Waals surface area contributed by atoms with Crippen molar-refractivity contribution in [2.45, 2.75) is 10.6 Å². The van der Waals surface area contributed by atoms with Crippen LogP contribution in [-0.2, 0) is 15.6 Å². The molecule has 3 rings (SSSR count). The molecule has 0 fully saturated rings. The Morgan fingerprint density at radius 3 is 2.39 bits per heavy atom. The van der Waals surface area contributed by atoms with E-state index in [9.17, 15) is 8.42 Å². The van der Waals surface area contributed by atoms with E-state index < -0.39 is 9.84 Å². The first-order valence-corrected chi connectivity index (χ1v) is 8.61. The number of rotatable bonds is 5. The molecule has 0 atom stereocenters. The van der Waals surface area contributed by atoms with E-state index in [4.69, 9.17) is 9.15 Å². The van der Waals surface area contributed by atoms with E-state index in [1.807, 2.05) is 0 Å². The summed E-state index contributed by atoms with van der Waals surface area (Å²) in [7, 11) is -1.86. The Morgan fingerprint density at radius 2 is 1.74 bits per heavy atom. The smallest absolute Gasteiger partial charge is 0.226 e. The molecular formula is C17H15NO4S. The fourth-order valence-corrected chi connectivity index (χ4v) is 3.39. The zero-order valence-corrected chi connectivity index (χ0v) is 13.3. The Morgan fingerprint density at radius 1 is 1.04 bits per heavy atom. The van der Waals surface area contributed by atoms with Gasteiger partial charge in [-0.2, -0.15) is 0 Å². The molecule has 0 bridgehead atoms. The van der Waals surface area contributed by atoms with Crippen LogP contribution in [0.3, 0.4) is 0 Å². The maximum atomic E-state index is 12.3. The summed E-state index contributed by atoms with van der Waals surface area (Å²) in [5.74, 6) is 1.19. The molecule has 0 aliphatic heterocycles. The molecule has 0 unspecified atom stereocenters. The van der Waals surface area contributed by atoms with Gasteiger partial charge < -0.3 is 9.15 Å². The monoisotopic (exact) mass is 329 g/mol. The third-order valence-corrected chi connectivity index (χ3v) is 4.98. The molecule has 1 heterocycles. The second-order valence-corrected chi connectivity index (χ2v) is 6.92. The molecule has 0 spiro atoms. The first-order valence-electron chi connectivity index (χ1n) is 6.95. The molecule has 1 aromatic heterocycles. The summed E-state index contributed by atoms with van der Waals surface area (Å²) in [5.41, 5.74) is 0.758. The van der Waals surface area contributed by atoms with Crippen LogP contribution in [0.5, 0.6) is 5.75 Å². The van der Waals surface area contributed by atoms with Gasteiger partial charge >= 0.3 is 0 Å². The second-order valence-electron chi connectivity index (χ2n) is 4.93. The number of hydrogen-bond acceptors (Lipinski definition) is 5. The topological polar surface area (TPSA) is 69.4 Å². The fraction of sp³-hybridized carbons (Fsp3) is 0.118. The van der Waals surface area contributed by atoms with Crippen LogP contribution in [0.1, 0.15) is 5.76 Å². The molecule has 23 heavy (non-hydrogen) atoms. The highest BCUT2D eigenvalue weighted by atomic mass is 32.2. The van der Waals surface area contributed by atoms with Crippen LogP contribution in [0.2, 0.25) is 0 Å². The van der Waals surface area contributed by atoms with Gasteiger partial charge in [0.25, 0.3) is 0 Å². The highest BCUT2D eigenvalue weighted by Gasteiger charge is 2.18. The van der Waals surface area contributed by atoms with Crippen molar-refractivity contribution in [2.24, 2.45) is 0 Å². The Bertz CT molecular complexity index is 884. The average Bonchev–Trinajstić information content (AvgIpc) is 3.03. The summed E-state index contributed by atoms with van der Waals surface area (Å²) in [6.07, 6.45) is 1.44. The van der Waals surface area contributed by atoms with E-state index in [0.717, 1.165) is 11.3 Å². The maximum absolute atomic E-state index is 12.3. The minimum absolute atomic E-state index is 0.222. The number of nitrogens with zero attached hydrogens (tertiary/aromatic N) is 1. The van der Waals surface area contributed by atoms with E-state index in [1.165, 1.54) is 6.20 Å². The van der Waals surface area contributed by atoms with Crippen molar-refractivity contribution in [3.8, 4) is 17.2 Å². The zero-order chi connectivity index (χ0) is 16.3. The van der Waals surface area contributed by atoms with Crippen molar-refractivity contribution < 1.29 is 17.6 Å². The predicted molar refractivity (Wildman–Crippen MR) is 85.8 cm³/mol. The van der Waals surface area contributed by atoms with E-state index in [2.05, 4.69) is 4.98 Å². The SMILES string of the molecule is COc1ccc(-c2ncc(CS(=O)(=O)c3ccccc3)o2)cc1. The van der Waals surface area contributed by atoms with Gasteiger partial charge in [0.2, 0.25) is 5.89 Å². The summed E-state index contributed by atoms with van der Waals surface area (Å²) in [4.78, 5) is 4.41. The van der Waals surface area contributed by atoms with E-state index >= 15 is 0 Å². The minimum atomic E-state index is -3.45. The third-order valence-electron chi connectivity index (χ3n) is 3.33. The van der Waals surface area contributed by atoms with Crippen molar-refractivity contribution in [3.05, 3.63) is 66.6 Å².